The summed E-state index contributed by atoms with van der Waals surface area (Å²) >= 11 is 2.10. The quantitative estimate of drug-likeness (QED) is 0.829. The van der Waals surface area contributed by atoms with E-state index in [1.807, 2.05) is 6.07 Å². The highest BCUT2D eigenvalue weighted by atomic mass is 32.2. The number of rotatable bonds is 4. The van der Waals surface area contributed by atoms with Gasteiger partial charge in [-0.25, -0.2) is 0 Å². The van der Waals surface area contributed by atoms with Gasteiger partial charge in [-0.15, -0.1) is 0 Å². The van der Waals surface area contributed by atoms with Gasteiger partial charge in [0.1, 0.15) is 0 Å². The van der Waals surface area contributed by atoms with Gasteiger partial charge in [0.2, 0.25) is 0 Å². The third kappa shape index (κ3) is 2.55. The van der Waals surface area contributed by atoms with Crippen molar-refractivity contribution in [3.8, 4) is 0 Å². The Morgan fingerprint density at radius 3 is 3.21 bits per heavy atom. The van der Waals surface area contributed by atoms with E-state index in [-0.39, 0.29) is 0 Å². The SMILES string of the molecule is CC1(CNCc2ccoc2)CCCS1. The molecule has 0 aliphatic carbocycles. The summed E-state index contributed by atoms with van der Waals surface area (Å²) in [7, 11) is 0. The molecule has 0 saturated carbocycles. The maximum absolute atomic E-state index is 5.02. The minimum Gasteiger partial charge on any atom is -0.472 e. The first-order chi connectivity index (χ1) is 6.79. The molecule has 1 aliphatic rings. The molecule has 0 aromatic carbocycles. The number of hydrogen-bond donors (Lipinski definition) is 1. The van der Waals surface area contributed by atoms with Crippen LogP contribution in [-0.2, 0) is 6.54 Å². The maximum atomic E-state index is 5.02. The van der Waals surface area contributed by atoms with Gasteiger partial charge in [-0.3, -0.25) is 0 Å². The molecule has 0 amide bonds. The summed E-state index contributed by atoms with van der Waals surface area (Å²) in [4.78, 5) is 0. The highest BCUT2D eigenvalue weighted by Crippen LogP contribution is 2.36. The fraction of sp³-hybridized carbons (Fsp3) is 0.636. The van der Waals surface area contributed by atoms with Crippen LogP contribution in [0.3, 0.4) is 0 Å². The number of nitrogens with one attached hydrogen (secondary N) is 1. The number of thioether (sulfide) groups is 1. The zero-order chi connectivity index (χ0) is 9.86. The van der Waals surface area contributed by atoms with Crippen molar-refractivity contribution in [3.63, 3.8) is 0 Å². The van der Waals surface area contributed by atoms with Gasteiger partial charge in [-0.1, -0.05) is 0 Å². The summed E-state index contributed by atoms with van der Waals surface area (Å²) in [5, 5.41) is 3.49. The normalized spacial score (nSPS) is 26.9. The molecule has 1 fully saturated rings. The Kier molecular flexibility index (Phi) is 3.19. The molecule has 1 atom stereocenters. The second kappa shape index (κ2) is 4.41. The molecule has 2 rings (SSSR count). The van der Waals surface area contributed by atoms with Crippen molar-refractivity contribution in [2.75, 3.05) is 12.3 Å². The van der Waals surface area contributed by atoms with Crippen molar-refractivity contribution < 1.29 is 4.42 Å². The van der Waals surface area contributed by atoms with Gasteiger partial charge in [0.15, 0.2) is 0 Å². The zero-order valence-electron chi connectivity index (χ0n) is 8.58. The molecule has 1 N–H and O–H groups in total. The molecule has 2 nitrogen and oxygen atoms in total. The average molecular weight is 211 g/mol. The summed E-state index contributed by atoms with van der Waals surface area (Å²) in [6.07, 6.45) is 6.24. The van der Waals surface area contributed by atoms with Crippen LogP contribution in [0.2, 0.25) is 0 Å². The molecule has 3 heteroatoms. The lowest BCUT2D eigenvalue weighted by atomic mass is 10.1. The first-order valence-electron chi connectivity index (χ1n) is 5.14. The van der Waals surface area contributed by atoms with E-state index in [0.717, 1.165) is 13.1 Å². The van der Waals surface area contributed by atoms with Gasteiger partial charge in [-0.2, -0.15) is 11.8 Å². The summed E-state index contributed by atoms with van der Waals surface area (Å²) in [6, 6.07) is 2.01. The molecule has 1 aliphatic heterocycles. The van der Waals surface area contributed by atoms with Crippen molar-refractivity contribution in [1.29, 1.82) is 0 Å². The largest absolute Gasteiger partial charge is 0.472 e. The molecule has 1 aromatic rings. The van der Waals surface area contributed by atoms with Gasteiger partial charge in [0, 0.05) is 23.4 Å². The second-order valence-electron chi connectivity index (χ2n) is 4.14. The smallest absolute Gasteiger partial charge is 0.0947 e. The van der Waals surface area contributed by atoms with Crippen LogP contribution in [0, 0.1) is 0 Å². The fourth-order valence-corrected chi connectivity index (χ4v) is 3.12. The highest BCUT2D eigenvalue weighted by molar-refractivity contribution is 8.00. The molecule has 78 valence electrons. The van der Waals surface area contributed by atoms with Crippen LogP contribution in [0.1, 0.15) is 25.3 Å². The maximum Gasteiger partial charge on any atom is 0.0947 e. The van der Waals surface area contributed by atoms with Crippen molar-refractivity contribution in [2.24, 2.45) is 0 Å². The van der Waals surface area contributed by atoms with E-state index in [0.29, 0.717) is 4.75 Å². The first-order valence-corrected chi connectivity index (χ1v) is 6.13. The third-order valence-electron chi connectivity index (χ3n) is 2.71. The van der Waals surface area contributed by atoms with Crippen molar-refractivity contribution >= 4 is 11.8 Å². The lowest BCUT2D eigenvalue weighted by molar-refractivity contribution is 0.530. The highest BCUT2D eigenvalue weighted by Gasteiger charge is 2.28. The molecule has 2 heterocycles. The van der Waals surface area contributed by atoms with Crippen LogP contribution in [0.4, 0.5) is 0 Å². The predicted molar refractivity (Wildman–Crippen MR) is 60.5 cm³/mol. The molecular formula is C11H17NOS. The Labute approximate surface area is 89.4 Å². The van der Waals surface area contributed by atoms with Crippen LogP contribution >= 0.6 is 11.8 Å². The van der Waals surface area contributed by atoms with E-state index < -0.39 is 0 Å². The van der Waals surface area contributed by atoms with Crippen LogP contribution in [0.5, 0.6) is 0 Å². The van der Waals surface area contributed by atoms with E-state index in [4.69, 9.17) is 4.42 Å². The summed E-state index contributed by atoms with van der Waals surface area (Å²) in [6.45, 7) is 4.38. The standard InChI is InChI=1S/C11H17NOS/c1-11(4-2-6-14-11)9-12-7-10-3-5-13-8-10/h3,5,8,12H,2,4,6-7,9H2,1H3. The second-order valence-corrected chi connectivity index (χ2v) is 5.82. The van der Waals surface area contributed by atoms with Gasteiger partial charge in [0.05, 0.1) is 12.5 Å². The van der Waals surface area contributed by atoms with Crippen LogP contribution in [-0.4, -0.2) is 17.0 Å². The molecule has 1 aromatic heterocycles. The van der Waals surface area contributed by atoms with Crippen molar-refractivity contribution in [3.05, 3.63) is 24.2 Å². The van der Waals surface area contributed by atoms with Crippen LogP contribution < -0.4 is 5.32 Å². The van der Waals surface area contributed by atoms with Gasteiger partial charge < -0.3 is 9.73 Å². The fourth-order valence-electron chi connectivity index (χ4n) is 1.84. The molecule has 1 unspecified atom stereocenters. The van der Waals surface area contributed by atoms with Crippen molar-refractivity contribution in [1.82, 2.24) is 5.32 Å². The van der Waals surface area contributed by atoms with Gasteiger partial charge in [-0.05, 0) is 31.6 Å². The van der Waals surface area contributed by atoms with E-state index in [9.17, 15) is 0 Å². The number of hydrogen-bond acceptors (Lipinski definition) is 3. The predicted octanol–water partition coefficient (Wildman–Crippen LogP) is 2.65. The van der Waals surface area contributed by atoms with E-state index in [1.165, 1.54) is 24.2 Å². The lowest BCUT2D eigenvalue weighted by Crippen LogP contribution is -2.32. The Morgan fingerprint density at radius 1 is 1.64 bits per heavy atom. The molecule has 0 spiro atoms. The minimum absolute atomic E-state index is 0.462. The molecule has 0 radical (unpaired) electrons. The molecule has 0 bridgehead atoms. The van der Waals surface area contributed by atoms with Gasteiger partial charge in [0.25, 0.3) is 0 Å². The summed E-state index contributed by atoms with van der Waals surface area (Å²) < 4.78 is 5.48. The third-order valence-corrected chi connectivity index (χ3v) is 4.25. The minimum atomic E-state index is 0.462. The average Bonchev–Trinajstić information content (AvgIpc) is 2.77. The zero-order valence-corrected chi connectivity index (χ0v) is 9.40. The van der Waals surface area contributed by atoms with E-state index in [1.54, 1.807) is 12.5 Å². The Morgan fingerprint density at radius 2 is 2.57 bits per heavy atom. The Bertz CT molecular complexity index is 265. The number of furan rings is 1. The molecular weight excluding hydrogens is 194 g/mol. The van der Waals surface area contributed by atoms with E-state index in [2.05, 4.69) is 24.0 Å². The van der Waals surface area contributed by atoms with Crippen molar-refractivity contribution in [2.45, 2.75) is 31.1 Å². The first kappa shape index (κ1) is 10.1. The van der Waals surface area contributed by atoms with Gasteiger partial charge >= 0.3 is 0 Å². The molecule has 14 heavy (non-hydrogen) atoms. The Balaban J connectivity index is 1.72. The summed E-state index contributed by atoms with van der Waals surface area (Å²) in [5.41, 5.74) is 1.23. The topological polar surface area (TPSA) is 25.2 Å². The lowest BCUT2D eigenvalue weighted by Gasteiger charge is -2.22. The van der Waals surface area contributed by atoms with E-state index >= 15 is 0 Å². The Hall–Kier alpha value is -0.410. The monoisotopic (exact) mass is 211 g/mol. The molecule has 1 saturated heterocycles. The van der Waals surface area contributed by atoms with Crippen LogP contribution in [0.15, 0.2) is 23.0 Å². The van der Waals surface area contributed by atoms with Crippen LogP contribution in [0.25, 0.3) is 0 Å². The summed E-state index contributed by atoms with van der Waals surface area (Å²) in [5.74, 6) is 1.32.